The van der Waals surface area contributed by atoms with E-state index in [0.717, 1.165) is 36.5 Å². The van der Waals surface area contributed by atoms with Gasteiger partial charge in [-0.2, -0.15) is 0 Å². The Morgan fingerprint density at radius 3 is 2.18 bits per heavy atom. The highest BCUT2D eigenvalue weighted by Gasteiger charge is 2.57. The van der Waals surface area contributed by atoms with E-state index in [-0.39, 0.29) is 6.10 Å². The van der Waals surface area contributed by atoms with E-state index in [0.29, 0.717) is 22.7 Å². The van der Waals surface area contributed by atoms with E-state index >= 15 is 0 Å². The van der Waals surface area contributed by atoms with Gasteiger partial charge < -0.3 is 5.11 Å². The first-order valence-electron chi connectivity index (χ1n) is 15.0. The van der Waals surface area contributed by atoms with E-state index in [9.17, 15) is 5.11 Å². The van der Waals surface area contributed by atoms with Crippen molar-refractivity contribution in [1.29, 1.82) is 0 Å². The minimum absolute atomic E-state index is 0.0432. The molecule has 0 spiro atoms. The maximum absolute atomic E-state index is 10.2. The zero-order valence-electron chi connectivity index (χ0n) is 24.6. The van der Waals surface area contributed by atoms with Crippen LogP contribution in [0.1, 0.15) is 133 Å². The summed E-state index contributed by atoms with van der Waals surface area (Å²) < 4.78 is 0. The van der Waals surface area contributed by atoms with Crippen LogP contribution in [0.15, 0.2) is 23.8 Å². The van der Waals surface area contributed by atoms with Gasteiger partial charge in [0.2, 0.25) is 0 Å². The van der Waals surface area contributed by atoms with Crippen molar-refractivity contribution in [2.45, 2.75) is 139 Å². The van der Waals surface area contributed by atoms with Crippen LogP contribution < -0.4 is 0 Å². The molecule has 0 aromatic rings. The minimum Gasteiger partial charge on any atom is -0.393 e. The molecule has 0 aliphatic heterocycles. The highest BCUT2D eigenvalue weighted by molar-refractivity contribution is 5.27. The molecule has 3 saturated carbocycles. The van der Waals surface area contributed by atoms with E-state index in [2.05, 4.69) is 61.1 Å². The van der Waals surface area contributed by atoms with Crippen molar-refractivity contribution < 1.29 is 5.11 Å². The Morgan fingerprint density at radius 2 is 1.56 bits per heavy atom. The summed E-state index contributed by atoms with van der Waals surface area (Å²) >= 11 is 0. The Morgan fingerprint density at radius 1 is 0.971 bits per heavy atom. The van der Waals surface area contributed by atoms with Crippen LogP contribution in [0.2, 0.25) is 0 Å². The van der Waals surface area contributed by atoms with Crippen molar-refractivity contribution in [3.63, 3.8) is 0 Å². The number of rotatable bonds is 5. The standard InChI is InChI=1S/C27H44O.C4H10.C2H6/c1-18(2)19(3)7-6-8-20-10-12-24-23-11-9-21-17-22(28)13-15-27(21,5)25(23)14-16-26(20,24)4;1-4(2)3;1-2/h11,18,20-22,24-25,28H,3,6-10,12-17H2,1-2,4-5H3;4H,1-3H3;1-2H3. The van der Waals surface area contributed by atoms with E-state index in [1.807, 2.05) is 19.4 Å². The van der Waals surface area contributed by atoms with Gasteiger partial charge in [-0.3, -0.25) is 0 Å². The second-order valence-corrected chi connectivity index (χ2v) is 13.4. The lowest BCUT2D eigenvalue weighted by atomic mass is 9.48. The summed E-state index contributed by atoms with van der Waals surface area (Å²) in [5.41, 5.74) is 4.30. The molecular weight excluding hydrogens is 412 g/mol. The van der Waals surface area contributed by atoms with Gasteiger partial charge in [-0.25, -0.2) is 0 Å². The number of hydrogen-bond acceptors (Lipinski definition) is 1. The minimum atomic E-state index is -0.0432. The summed E-state index contributed by atoms with van der Waals surface area (Å²) in [5.74, 6) is 4.74. The molecule has 1 heteroatoms. The normalized spacial score (nSPS) is 38.5. The molecule has 0 amide bonds. The molecule has 4 rings (SSSR count). The summed E-state index contributed by atoms with van der Waals surface area (Å²) in [4.78, 5) is 0. The van der Waals surface area contributed by atoms with Crippen molar-refractivity contribution in [1.82, 2.24) is 0 Å². The van der Waals surface area contributed by atoms with Crippen molar-refractivity contribution >= 4 is 0 Å². The lowest BCUT2D eigenvalue weighted by Crippen LogP contribution is -2.49. The lowest BCUT2D eigenvalue weighted by Gasteiger charge is -2.57. The van der Waals surface area contributed by atoms with Crippen LogP contribution >= 0.6 is 0 Å². The molecule has 7 unspecified atom stereocenters. The second kappa shape index (κ2) is 12.6. The Kier molecular flexibility index (Phi) is 11.0. The zero-order chi connectivity index (χ0) is 25.7. The van der Waals surface area contributed by atoms with Gasteiger partial charge in [0.05, 0.1) is 6.10 Å². The van der Waals surface area contributed by atoms with Gasteiger partial charge in [0.1, 0.15) is 0 Å². The molecule has 3 fully saturated rings. The van der Waals surface area contributed by atoms with Crippen LogP contribution in [0.5, 0.6) is 0 Å². The van der Waals surface area contributed by atoms with Crippen LogP contribution in [0.3, 0.4) is 0 Å². The first-order chi connectivity index (χ1) is 16.0. The number of hydrogen-bond donors (Lipinski definition) is 1. The number of fused-ring (bicyclic) bond motifs is 5. The Hall–Kier alpha value is -0.560. The van der Waals surface area contributed by atoms with Gasteiger partial charge in [-0.15, -0.1) is 0 Å². The molecule has 4 aliphatic carbocycles. The summed E-state index contributed by atoms with van der Waals surface area (Å²) in [6, 6.07) is 0. The Balaban J connectivity index is 0.000000618. The van der Waals surface area contributed by atoms with Gasteiger partial charge in [0, 0.05) is 0 Å². The van der Waals surface area contributed by atoms with Crippen molar-refractivity contribution in [3.05, 3.63) is 23.8 Å². The van der Waals surface area contributed by atoms with Crippen molar-refractivity contribution in [3.8, 4) is 0 Å². The van der Waals surface area contributed by atoms with Crippen LogP contribution in [-0.2, 0) is 0 Å². The Labute approximate surface area is 214 Å². The average Bonchev–Trinajstić information content (AvgIpc) is 3.11. The summed E-state index contributed by atoms with van der Waals surface area (Å²) in [7, 11) is 0. The highest BCUT2D eigenvalue weighted by atomic mass is 16.3. The van der Waals surface area contributed by atoms with Crippen LogP contribution in [0, 0.1) is 46.3 Å². The van der Waals surface area contributed by atoms with E-state index < -0.39 is 0 Å². The van der Waals surface area contributed by atoms with Crippen LogP contribution in [0.25, 0.3) is 0 Å². The van der Waals surface area contributed by atoms with Crippen molar-refractivity contribution in [2.24, 2.45) is 46.3 Å². The first-order valence-corrected chi connectivity index (χ1v) is 15.0. The smallest absolute Gasteiger partial charge is 0.0543 e. The maximum atomic E-state index is 10.2. The molecule has 198 valence electrons. The van der Waals surface area contributed by atoms with Crippen LogP contribution in [0.4, 0.5) is 0 Å². The van der Waals surface area contributed by atoms with Gasteiger partial charge in [-0.05, 0) is 117 Å². The van der Waals surface area contributed by atoms with E-state index in [1.165, 1.54) is 63.4 Å². The fraction of sp³-hybridized carbons (Fsp3) is 0.879. The molecule has 0 aromatic carbocycles. The lowest BCUT2D eigenvalue weighted by molar-refractivity contribution is -0.0402. The van der Waals surface area contributed by atoms with Gasteiger partial charge in [0.15, 0.2) is 0 Å². The Bertz CT molecular complexity index is 669. The third-order valence-corrected chi connectivity index (χ3v) is 10.1. The SMILES string of the molecule is C=C(CCCC1CCC2C3=CCC4CC(O)CCC4(C)C3CCC12C)C(C)C.CC.CC(C)C. The monoisotopic (exact) mass is 472 g/mol. The largest absolute Gasteiger partial charge is 0.393 e. The number of aliphatic hydroxyl groups is 1. The zero-order valence-corrected chi connectivity index (χ0v) is 24.6. The van der Waals surface area contributed by atoms with Gasteiger partial charge >= 0.3 is 0 Å². The molecule has 1 nitrogen and oxygen atoms in total. The summed E-state index contributed by atoms with van der Waals surface area (Å²) in [6.45, 7) is 24.6. The maximum Gasteiger partial charge on any atom is 0.0543 e. The molecule has 34 heavy (non-hydrogen) atoms. The third kappa shape index (κ3) is 6.41. The van der Waals surface area contributed by atoms with Gasteiger partial charge in [0.25, 0.3) is 0 Å². The van der Waals surface area contributed by atoms with E-state index in [4.69, 9.17) is 0 Å². The van der Waals surface area contributed by atoms with E-state index in [1.54, 1.807) is 0 Å². The quantitative estimate of drug-likeness (QED) is 0.395. The first kappa shape index (κ1) is 29.7. The fourth-order valence-corrected chi connectivity index (χ4v) is 7.94. The number of allylic oxidation sites excluding steroid dienone is 3. The third-order valence-electron chi connectivity index (χ3n) is 10.1. The molecule has 7 atom stereocenters. The molecule has 1 N–H and O–H groups in total. The number of aliphatic hydroxyl groups excluding tert-OH is 1. The topological polar surface area (TPSA) is 20.2 Å². The predicted octanol–water partition coefficient (Wildman–Crippen LogP) is 10.00. The molecule has 0 aromatic heterocycles. The highest BCUT2D eigenvalue weighted by Crippen LogP contribution is 2.66. The van der Waals surface area contributed by atoms with Gasteiger partial charge in [-0.1, -0.05) is 86.1 Å². The molecule has 0 saturated heterocycles. The predicted molar refractivity (Wildman–Crippen MR) is 151 cm³/mol. The molecular formula is C33H60O. The molecule has 4 aliphatic rings. The second-order valence-electron chi connectivity index (χ2n) is 13.4. The summed E-state index contributed by atoms with van der Waals surface area (Å²) in [6.07, 6.45) is 16.8. The molecule has 0 radical (unpaired) electrons. The summed E-state index contributed by atoms with van der Waals surface area (Å²) in [5, 5.41) is 10.2. The molecule has 0 bridgehead atoms. The van der Waals surface area contributed by atoms with Crippen molar-refractivity contribution in [2.75, 3.05) is 0 Å². The molecule has 0 heterocycles. The fourth-order valence-electron chi connectivity index (χ4n) is 7.94. The van der Waals surface area contributed by atoms with Crippen LogP contribution in [-0.4, -0.2) is 11.2 Å². The average molecular weight is 473 g/mol.